The average molecular weight is 485 g/mol. The number of esters is 1. The third-order valence-corrected chi connectivity index (χ3v) is 5.65. The lowest BCUT2D eigenvalue weighted by Gasteiger charge is -2.26. The molecule has 182 valence electrons. The van der Waals surface area contributed by atoms with Gasteiger partial charge in [0.2, 0.25) is 0 Å². The third-order valence-electron chi connectivity index (χ3n) is 5.65. The Hall–Kier alpha value is -4.72. The van der Waals surface area contributed by atoms with E-state index in [0.29, 0.717) is 22.6 Å². The van der Waals surface area contributed by atoms with Crippen LogP contribution in [0.2, 0.25) is 0 Å². The van der Waals surface area contributed by atoms with Crippen LogP contribution < -0.4 is 15.0 Å². The molecule has 1 aliphatic heterocycles. The molecule has 0 unspecified atom stereocenters. The number of benzene rings is 3. The Balaban J connectivity index is 1.51. The van der Waals surface area contributed by atoms with Gasteiger partial charge in [-0.3, -0.25) is 14.9 Å². The number of hydrogen-bond acceptors (Lipinski definition) is 6. The minimum atomic E-state index is -0.790. The molecule has 4 rings (SSSR count). The Morgan fingerprint density at radius 3 is 2.31 bits per heavy atom. The number of urea groups is 1. The standard InChI is InChI=1S/C28H24N2O6/c1-3-18-9-13-22(14-10-18)30-26(32)24(25(31)29-28(30)34)16-20-5-4-6-23(15-20)36-17-19-7-11-21(12-8-19)27(33)35-2/h4-16H,3,17H2,1-2H3,(H,29,31,34). The topological polar surface area (TPSA) is 102 Å². The van der Waals surface area contributed by atoms with Gasteiger partial charge in [0.25, 0.3) is 11.8 Å². The first-order valence-corrected chi connectivity index (χ1v) is 11.3. The Bertz CT molecular complexity index is 1340. The van der Waals surface area contributed by atoms with Gasteiger partial charge in [-0.2, -0.15) is 0 Å². The number of imide groups is 2. The first-order chi connectivity index (χ1) is 17.4. The molecule has 0 bridgehead atoms. The van der Waals surface area contributed by atoms with E-state index in [0.717, 1.165) is 22.4 Å². The van der Waals surface area contributed by atoms with E-state index in [4.69, 9.17) is 9.47 Å². The molecule has 0 aliphatic carbocycles. The average Bonchev–Trinajstić information content (AvgIpc) is 2.90. The van der Waals surface area contributed by atoms with Crippen molar-refractivity contribution in [1.82, 2.24) is 5.32 Å². The summed E-state index contributed by atoms with van der Waals surface area (Å²) >= 11 is 0. The molecular weight excluding hydrogens is 460 g/mol. The molecule has 3 aromatic rings. The molecule has 1 saturated heterocycles. The van der Waals surface area contributed by atoms with Gasteiger partial charge >= 0.3 is 12.0 Å². The fraction of sp³-hybridized carbons (Fsp3) is 0.143. The van der Waals surface area contributed by atoms with Gasteiger partial charge in [-0.1, -0.05) is 43.3 Å². The van der Waals surface area contributed by atoms with Crippen molar-refractivity contribution in [3.63, 3.8) is 0 Å². The highest BCUT2D eigenvalue weighted by atomic mass is 16.5. The van der Waals surface area contributed by atoms with E-state index in [1.807, 2.05) is 19.1 Å². The quantitative estimate of drug-likeness (QED) is 0.305. The Morgan fingerprint density at radius 2 is 1.64 bits per heavy atom. The van der Waals surface area contributed by atoms with Gasteiger partial charge in [-0.15, -0.1) is 0 Å². The van der Waals surface area contributed by atoms with E-state index in [1.165, 1.54) is 13.2 Å². The minimum Gasteiger partial charge on any atom is -0.489 e. The van der Waals surface area contributed by atoms with E-state index in [2.05, 4.69) is 5.32 Å². The smallest absolute Gasteiger partial charge is 0.337 e. The van der Waals surface area contributed by atoms with Crippen LogP contribution in [0.25, 0.3) is 6.08 Å². The fourth-order valence-corrected chi connectivity index (χ4v) is 3.66. The minimum absolute atomic E-state index is 0.162. The fourth-order valence-electron chi connectivity index (χ4n) is 3.66. The summed E-state index contributed by atoms with van der Waals surface area (Å²) < 4.78 is 10.5. The summed E-state index contributed by atoms with van der Waals surface area (Å²) in [7, 11) is 1.32. The van der Waals surface area contributed by atoms with Crippen LogP contribution in [-0.4, -0.2) is 30.9 Å². The number of carbonyl (C=O) groups is 4. The predicted octanol–water partition coefficient (Wildman–Crippen LogP) is 4.28. The summed E-state index contributed by atoms with van der Waals surface area (Å²) in [5, 5.41) is 2.23. The second kappa shape index (κ2) is 10.7. The van der Waals surface area contributed by atoms with E-state index >= 15 is 0 Å². The van der Waals surface area contributed by atoms with Crippen LogP contribution in [0, 0.1) is 0 Å². The molecule has 4 amide bonds. The Morgan fingerprint density at radius 1 is 0.944 bits per heavy atom. The van der Waals surface area contributed by atoms with Crippen molar-refractivity contribution in [2.45, 2.75) is 20.0 Å². The van der Waals surface area contributed by atoms with E-state index in [-0.39, 0.29) is 12.2 Å². The van der Waals surface area contributed by atoms with Crippen LogP contribution in [0.3, 0.4) is 0 Å². The summed E-state index contributed by atoms with van der Waals surface area (Å²) in [6.45, 7) is 2.25. The van der Waals surface area contributed by atoms with Gasteiger partial charge in [-0.25, -0.2) is 14.5 Å². The lowest BCUT2D eigenvalue weighted by molar-refractivity contribution is -0.122. The largest absolute Gasteiger partial charge is 0.489 e. The zero-order valence-corrected chi connectivity index (χ0v) is 19.8. The van der Waals surface area contributed by atoms with Crippen molar-refractivity contribution in [3.8, 4) is 5.75 Å². The number of carbonyl (C=O) groups excluding carboxylic acids is 4. The van der Waals surface area contributed by atoms with Gasteiger partial charge in [0.05, 0.1) is 18.4 Å². The zero-order valence-electron chi connectivity index (χ0n) is 19.8. The van der Waals surface area contributed by atoms with Crippen LogP contribution in [0.15, 0.2) is 78.4 Å². The number of amides is 4. The van der Waals surface area contributed by atoms with Crippen molar-refractivity contribution in [2.75, 3.05) is 12.0 Å². The van der Waals surface area contributed by atoms with Gasteiger partial charge in [-0.05, 0) is 65.6 Å². The zero-order chi connectivity index (χ0) is 25.7. The number of barbiturate groups is 1. The predicted molar refractivity (Wildman–Crippen MR) is 133 cm³/mol. The Kier molecular flexibility index (Phi) is 7.25. The molecule has 1 fully saturated rings. The summed E-state index contributed by atoms with van der Waals surface area (Å²) in [5.74, 6) is -1.36. The molecule has 0 saturated carbocycles. The maximum Gasteiger partial charge on any atom is 0.337 e. The van der Waals surface area contributed by atoms with Crippen LogP contribution >= 0.6 is 0 Å². The number of anilines is 1. The SMILES string of the molecule is CCc1ccc(N2C(=O)NC(=O)C(=Cc3cccc(OCc4ccc(C(=O)OC)cc4)c3)C2=O)cc1. The van der Waals surface area contributed by atoms with E-state index in [1.54, 1.807) is 60.7 Å². The van der Waals surface area contributed by atoms with E-state index in [9.17, 15) is 19.2 Å². The monoisotopic (exact) mass is 484 g/mol. The molecule has 3 aromatic carbocycles. The Labute approximate surface area is 208 Å². The van der Waals surface area contributed by atoms with Crippen molar-refractivity contribution in [1.29, 1.82) is 0 Å². The van der Waals surface area contributed by atoms with Crippen LogP contribution in [-0.2, 0) is 27.4 Å². The molecule has 1 aliphatic rings. The van der Waals surface area contributed by atoms with Gasteiger partial charge in [0.15, 0.2) is 0 Å². The van der Waals surface area contributed by atoms with Crippen molar-refractivity contribution < 1.29 is 28.7 Å². The van der Waals surface area contributed by atoms with Gasteiger partial charge < -0.3 is 9.47 Å². The summed E-state index contributed by atoms with van der Waals surface area (Å²) in [6.07, 6.45) is 2.25. The summed E-state index contributed by atoms with van der Waals surface area (Å²) in [6, 6.07) is 20.0. The number of rotatable bonds is 7. The first-order valence-electron chi connectivity index (χ1n) is 11.3. The van der Waals surface area contributed by atoms with Gasteiger partial charge in [0, 0.05) is 0 Å². The number of nitrogens with zero attached hydrogens (tertiary/aromatic N) is 1. The lowest BCUT2D eigenvalue weighted by Crippen LogP contribution is -2.54. The van der Waals surface area contributed by atoms with Crippen molar-refractivity contribution >= 4 is 35.6 Å². The third kappa shape index (κ3) is 5.33. The second-order valence-corrected chi connectivity index (χ2v) is 8.03. The van der Waals surface area contributed by atoms with Crippen molar-refractivity contribution in [3.05, 3.63) is 101 Å². The van der Waals surface area contributed by atoms with Gasteiger partial charge in [0.1, 0.15) is 17.9 Å². The first kappa shape index (κ1) is 24.4. The second-order valence-electron chi connectivity index (χ2n) is 8.03. The molecule has 0 spiro atoms. The number of ether oxygens (including phenoxy) is 2. The molecule has 8 nitrogen and oxygen atoms in total. The van der Waals surface area contributed by atoms with Crippen LogP contribution in [0.4, 0.5) is 10.5 Å². The highest BCUT2D eigenvalue weighted by Gasteiger charge is 2.36. The molecular formula is C28H24N2O6. The van der Waals surface area contributed by atoms with Crippen molar-refractivity contribution in [2.24, 2.45) is 0 Å². The molecule has 0 atom stereocenters. The maximum absolute atomic E-state index is 13.1. The number of nitrogens with one attached hydrogen (secondary N) is 1. The number of hydrogen-bond donors (Lipinski definition) is 1. The summed E-state index contributed by atoms with van der Waals surface area (Å²) in [5.41, 5.74) is 3.12. The number of aryl methyl sites for hydroxylation is 1. The maximum atomic E-state index is 13.1. The summed E-state index contributed by atoms with van der Waals surface area (Å²) in [4.78, 5) is 50.5. The molecule has 0 radical (unpaired) electrons. The molecule has 0 aromatic heterocycles. The molecule has 1 heterocycles. The normalized spacial score (nSPS) is 14.6. The molecule has 36 heavy (non-hydrogen) atoms. The van der Waals surface area contributed by atoms with Crippen LogP contribution in [0.5, 0.6) is 5.75 Å². The van der Waals surface area contributed by atoms with E-state index < -0.39 is 23.8 Å². The number of methoxy groups -OCH3 is 1. The van der Waals surface area contributed by atoms with Crippen LogP contribution in [0.1, 0.15) is 34.0 Å². The highest BCUT2D eigenvalue weighted by molar-refractivity contribution is 6.39. The highest BCUT2D eigenvalue weighted by Crippen LogP contribution is 2.24. The molecule has 1 N–H and O–H groups in total. The molecule has 8 heteroatoms. The lowest BCUT2D eigenvalue weighted by atomic mass is 10.1.